The third kappa shape index (κ3) is 3.61. The maximum Gasteiger partial charge on any atom is 0.0661 e. The molecule has 2 nitrogen and oxygen atoms in total. The predicted molar refractivity (Wildman–Crippen MR) is 91.0 cm³/mol. The highest BCUT2D eigenvalue weighted by molar-refractivity contribution is 6.35. The van der Waals surface area contributed by atoms with Crippen LogP contribution in [0.15, 0.2) is 30.5 Å². The Balaban J connectivity index is 1.49. The van der Waals surface area contributed by atoms with Gasteiger partial charge in [-0.25, -0.2) is 0 Å². The minimum absolute atomic E-state index is 0.876. The van der Waals surface area contributed by atoms with Crippen molar-refractivity contribution < 1.29 is 0 Å². The summed E-state index contributed by atoms with van der Waals surface area (Å²) in [5, 5.41) is 2.05. The first kappa shape index (κ1) is 14.9. The lowest BCUT2D eigenvalue weighted by Gasteiger charge is -2.28. The van der Waals surface area contributed by atoms with Crippen LogP contribution in [0.2, 0.25) is 5.02 Å². The van der Waals surface area contributed by atoms with Crippen LogP contribution in [0.4, 0.5) is 0 Å². The van der Waals surface area contributed by atoms with E-state index in [1.807, 2.05) is 0 Å². The quantitative estimate of drug-likeness (QED) is 0.720. The van der Waals surface area contributed by atoms with Crippen LogP contribution in [-0.2, 0) is 6.54 Å². The number of piperidine rings is 1. The SMILES string of the molecule is CN1CCC(CCCCn2cc(Cl)c3ccccc32)CC1. The highest BCUT2D eigenvalue weighted by atomic mass is 35.5. The normalized spacial score (nSPS) is 17.6. The molecule has 1 aliphatic rings. The van der Waals surface area contributed by atoms with E-state index in [9.17, 15) is 0 Å². The number of likely N-dealkylation sites (tertiary alicyclic amines) is 1. The topological polar surface area (TPSA) is 8.17 Å². The number of fused-ring (bicyclic) bond motifs is 1. The zero-order chi connectivity index (χ0) is 14.7. The Morgan fingerprint density at radius 3 is 2.71 bits per heavy atom. The molecule has 2 heterocycles. The summed E-state index contributed by atoms with van der Waals surface area (Å²) in [6.45, 7) is 3.64. The molecule has 1 aromatic heterocycles. The van der Waals surface area contributed by atoms with E-state index < -0.39 is 0 Å². The van der Waals surface area contributed by atoms with Gasteiger partial charge in [-0.3, -0.25) is 0 Å². The van der Waals surface area contributed by atoms with E-state index in [1.165, 1.54) is 56.1 Å². The lowest BCUT2D eigenvalue weighted by atomic mass is 9.92. The average Bonchev–Trinajstić information content (AvgIpc) is 2.83. The van der Waals surface area contributed by atoms with Crippen LogP contribution < -0.4 is 0 Å². The Bertz CT molecular complexity index is 582. The number of hydrogen-bond donors (Lipinski definition) is 0. The monoisotopic (exact) mass is 304 g/mol. The van der Waals surface area contributed by atoms with Crippen molar-refractivity contribution in [1.29, 1.82) is 0 Å². The van der Waals surface area contributed by atoms with E-state index >= 15 is 0 Å². The van der Waals surface area contributed by atoms with Crippen molar-refractivity contribution >= 4 is 22.5 Å². The minimum Gasteiger partial charge on any atom is -0.346 e. The second-order valence-electron chi connectivity index (χ2n) is 6.43. The van der Waals surface area contributed by atoms with E-state index in [1.54, 1.807) is 0 Å². The highest BCUT2D eigenvalue weighted by Crippen LogP contribution is 2.26. The van der Waals surface area contributed by atoms with Gasteiger partial charge in [0.2, 0.25) is 0 Å². The summed E-state index contributed by atoms with van der Waals surface area (Å²) in [7, 11) is 2.23. The van der Waals surface area contributed by atoms with Crippen LogP contribution in [-0.4, -0.2) is 29.6 Å². The van der Waals surface area contributed by atoms with Crippen molar-refractivity contribution in [1.82, 2.24) is 9.47 Å². The summed E-state index contributed by atoms with van der Waals surface area (Å²) in [6, 6.07) is 8.41. The molecule has 0 amide bonds. The molecule has 0 saturated carbocycles. The van der Waals surface area contributed by atoms with Crippen LogP contribution >= 0.6 is 11.6 Å². The van der Waals surface area contributed by atoms with Gasteiger partial charge in [0.15, 0.2) is 0 Å². The molecule has 21 heavy (non-hydrogen) atoms. The molecule has 0 bridgehead atoms. The molecule has 0 radical (unpaired) electrons. The fourth-order valence-corrected chi connectivity index (χ4v) is 3.73. The fourth-order valence-electron chi connectivity index (χ4n) is 3.45. The van der Waals surface area contributed by atoms with Crippen molar-refractivity contribution in [3.05, 3.63) is 35.5 Å². The van der Waals surface area contributed by atoms with Crippen LogP contribution in [0, 0.1) is 5.92 Å². The van der Waals surface area contributed by atoms with Gasteiger partial charge in [0.1, 0.15) is 0 Å². The molecule has 2 aromatic rings. The van der Waals surface area contributed by atoms with Crippen molar-refractivity contribution in [3.63, 3.8) is 0 Å². The molecule has 0 spiro atoms. The number of para-hydroxylation sites is 1. The molecule has 0 aliphatic carbocycles. The smallest absolute Gasteiger partial charge is 0.0661 e. The van der Waals surface area contributed by atoms with Crippen molar-refractivity contribution in [2.45, 2.75) is 38.6 Å². The van der Waals surface area contributed by atoms with Crippen molar-refractivity contribution in [3.8, 4) is 0 Å². The Morgan fingerprint density at radius 1 is 1.14 bits per heavy atom. The van der Waals surface area contributed by atoms with E-state index in [2.05, 4.69) is 47.0 Å². The van der Waals surface area contributed by atoms with Crippen LogP contribution in [0.5, 0.6) is 0 Å². The molecule has 3 rings (SSSR count). The molecule has 1 aromatic carbocycles. The second-order valence-corrected chi connectivity index (χ2v) is 6.84. The third-order valence-corrected chi connectivity index (χ3v) is 5.14. The number of benzene rings is 1. The van der Waals surface area contributed by atoms with Gasteiger partial charge in [0.25, 0.3) is 0 Å². The molecule has 1 fully saturated rings. The van der Waals surface area contributed by atoms with E-state index in [4.69, 9.17) is 11.6 Å². The minimum atomic E-state index is 0.876. The molecular weight excluding hydrogens is 280 g/mol. The van der Waals surface area contributed by atoms with E-state index in [-0.39, 0.29) is 0 Å². The van der Waals surface area contributed by atoms with Gasteiger partial charge in [-0.15, -0.1) is 0 Å². The van der Waals surface area contributed by atoms with Gasteiger partial charge >= 0.3 is 0 Å². The van der Waals surface area contributed by atoms with Gasteiger partial charge in [-0.2, -0.15) is 0 Å². The Kier molecular flexibility index (Phi) is 4.87. The first-order valence-electron chi connectivity index (χ1n) is 8.16. The summed E-state index contributed by atoms with van der Waals surface area (Å²) >= 11 is 6.30. The van der Waals surface area contributed by atoms with Crippen molar-refractivity contribution in [2.24, 2.45) is 5.92 Å². The van der Waals surface area contributed by atoms with Crippen LogP contribution in [0.1, 0.15) is 32.1 Å². The zero-order valence-electron chi connectivity index (χ0n) is 12.9. The number of halogens is 1. The molecule has 1 saturated heterocycles. The van der Waals surface area contributed by atoms with E-state index in [0.29, 0.717) is 0 Å². The Labute approximate surface area is 132 Å². The van der Waals surface area contributed by atoms with Gasteiger partial charge in [-0.05, 0) is 51.4 Å². The summed E-state index contributed by atoms with van der Waals surface area (Å²) in [6.07, 6.45) is 8.83. The summed E-state index contributed by atoms with van der Waals surface area (Å²) in [5.41, 5.74) is 1.27. The number of hydrogen-bond acceptors (Lipinski definition) is 1. The lowest BCUT2D eigenvalue weighted by Crippen LogP contribution is -2.30. The van der Waals surface area contributed by atoms with Gasteiger partial charge in [0, 0.05) is 23.6 Å². The Hall–Kier alpha value is -0.990. The van der Waals surface area contributed by atoms with Gasteiger partial charge in [-0.1, -0.05) is 42.6 Å². The van der Waals surface area contributed by atoms with Gasteiger partial charge in [0.05, 0.1) is 5.02 Å². The van der Waals surface area contributed by atoms with Crippen LogP contribution in [0.25, 0.3) is 10.9 Å². The standard InChI is InChI=1S/C18H25ClN2/c1-20-12-9-15(10-13-20)6-4-5-11-21-14-17(19)16-7-2-3-8-18(16)21/h2-3,7-8,14-15H,4-6,9-13H2,1H3. The summed E-state index contributed by atoms with van der Waals surface area (Å²) in [4.78, 5) is 2.45. The molecule has 114 valence electrons. The number of aryl methyl sites for hydroxylation is 1. The Morgan fingerprint density at radius 2 is 1.90 bits per heavy atom. The highest BCUT2D eigenvalue weighted by Gasteiger charge is 2.15. The average molecular weight is 305 g/mol. The molecule has 0 unspecified atom stereocenters. The largest absolute Gasteiger partial charge is 0.346 e. The predicted octanol–water partition coefficient (Wildman–Crippen LogP) is 4.81. The number of aromatic nitrogens is 1. The van der Waals surface area contributed by atoms with E-state index in [0.717, 1.165) is 17.5 Å². The summed E-state index contributed by atoms with van der Waals surface area (Å²) < 4.78 is 2.31. The molecule has 1 aliphatic heterocycles. The molecule has 3 heteroatoms. The van der Waals surface area contributed by atoms with Crippen molar-refractivity contribution in [2.75, 3.05) is 20.1 Å². The summed E-state index contributed by atoms with van der Waals surface area (Å²) in [5.74, 6) is 0.950. The first-order chi connectivity index (χ1) is 10.2. The number of rotatable bonds is 5. The maximum atomic E-state index is 6.30. The third-order valence-electron chi connectivity index (χ3n) is 4.84. The number of unbranched alkanes of at least 4 members (excludes halogenated alkanes) is 1. The molecule has 0 atom stereocenters. The number of nitrogens with zero attached hydrogens (tertiary/aromatic N) is 2. The maximum absolute atomic E-state index is 6.30. The first-order valence-corrected chi connectivity index (χ1v) is 8.54. The fraction of sp³-hybridized carbons (Fsp3) is 0.556. The molecule has 0 N–H and O–H groups in total. The second kappa shape index (κ2) is 6.85. The van der Waals surface area contributed by atoms with Crippen LogP contribution in [0.3, 0.4) is 0 Å². The molecular formula is C18H25ClN2. The lowest BCUT2D eigenvalue weighted by molar-refractivity contribution is 0.209. The zero-order valence-corrected chi connectivity index (χ0v) is 13.6. The van der Waals surface area contributed by atoms with Gasteiger partial charge < -0.3 is 9.47 Å².